The fraction of sp³-hybridized carbons (Fsp3) is 0.375. The Morgan fingerprint density at radius 3 is 2.64 bits per heavy atom. The molecule has 44 heavy (non-hydrogen) atoms. The number of hydrogen-bond donors (Lipinski definition) is 2. The van der Waals surface area contributed by atoms with Crippen LogP contribution in [-0.2, 0) is 29.6 Å². The first-order valence-electron chi connectivity index (χ1n) is 14.4. The molecule has 5 rings (SSSR count). The molecule has 11 nitrogen and oxygen atoms in total. The van der Waals surface area contributed by atoms with E-state index in [2.05, 4.69) is 10.6 Å². The van der Waals surface area contributed by atoms with Gasteiger partial charge in [-0.15, -0.1) is 0 Å². The van der Waals surface area contributed by atoms with E-state index in [9.17, 15) is 23.6 Å². The number of rotatable bonds is 2. The molecule has 1 fully saturated rings. The predicted octanol–water partition coefficient (Wildman–Crippen LogP) is 2.26. The van der Waals surface area contributed by atoms with Crippen molar-refractivity contribution in [3.05, 3.63) is 87.1 Å². The number of carbonyl (C=O) groups is 3. The molecule has 2 aliphatic heterocycles. The van der Waals surface area contributed by atoms with E-state index in [1.807, 2.05) is 6.07 Å². The summed E-state index contributed by atoms with van der Waals surface area (Å²) in [6, 6.07) is 11.5. The van der Waals surface area contributed by atoms with Crippen LogP contribution in [0.4, 0.5) is 4.39 Å². The Labute approximate surface area is 253 Å². The maximum absolute atomic E-state index is 14.6. The molecule has 1 saturated heterocycles. The Bertz CT molecular complexity index is 1640. The second-order valence-corrected chi connectivity index (χ2v) is 11.0. The first-order valence-corrected chi connectivity index (χ1v) is 14.4. The smallest absolute Gasteiger partial charge is 0.270 e. The molecule has 2 aliphatic rings. The number of halogens is 1. The van der Waals surface area contributed by atoms with E-state index in [0.717, 1.165) is 5.56 Å². The average Bonchev–Trinajstić information content (AvgIpc) is 2.99. The highest BCUT2D eigenvalue weighted by Gasteiger charge is 2.35. The highest BCUT2D eigenvalue weighted by atomic mass is 19.1. The maximum atomic E-state index is 14.6. The van der Waals surface area contributed by atoms with Crippen LogP contribution in [0.3, 0.4) is 0 Å². The number of piperidine rings is 1. The Kier molecular flexibility index (Phi) is 9.17. The number of amides is 3. The molecule has 2 aromatic carbocycles. The summed E-state index contributed by atoms with van der Waals surface area (Å²) < 4.78 is 33.7. The zero-order valence-electron chi connectivity index (χ0n) is 24.9. The van der Waals surface area contributed by atoms with Crippen molar-refractivity contribution < 1.29 is 33.0 Å². The van der Waals surface area contributed by atoms with Crippen LogP contribution in [0.15, 0.2) is 53.3 Å². The van der Waals surface area contributed by atoms with Crippen LogP contribution in [0.2, 0.25) is 0 Å². The second-order valence-electron chi connectivity index (χ2n) is 11.0. The van der Waals surface area contributed by atoms with Gasteiger partial charge in [0.2, 0.25) is 5.91 Å². The van der Waals surface area contributed by atoms with Crippen molar-refractivity contribution in [2.24, 2.45) is 7.05 Å². The number of hydrogen-bond acceptors (Lipinski definition) is 7. The lowest BCUT2D eigenvalue weighted by atomic mass is 10.0. The molecule has 0 unspecified atom stereocenters. The zero-order chi connectivity index (χ0) is 31.4. The molecule has 1 aromatic heterocycles. The van der Waals surface area contributed by atoms with Gasteiger partial charge in [-0.05, 0) is 48.7 Å². The van der Waals surface area contributed by atoms with Crippen LogP contribution in [0.25, 0.3) is 0 Å². The van der Waals surface area contributed by atoms with Gasteiger partial charge in [-0.25, -0.2) is 4.39 Å². The average molecular weight is 607 g/mol. The van der Waals surface area contributed by atoms with Gasteiger partial charge in [0, 0.05) is 63.4 Å². The minimum atomic E-state index is -0.691. The van der Waals surface area contributed by atoms with Crippen molar-refractivity contribution in [3.63, 3.8) is 0 Å². The Balaban J connectivity index is 1.44. The summed E-state index contributed by atoms with van der Waals surface area (Å²) in [6.45, 7) is 1.85. The van der Waals surface area contributed by atoms with Gasteiger partial charge in [0.05, 0.1) is 13.2 Å². The van der Waals surface area contributed by atoms with Gasteiger partial charge in [-0.1, -0.05) is 6.07 Å². The van der Waals surface area contributed by atoms with Gasteiger partial charge in [-0.3, -0.25) is 19.2 Å². The van der Waals surface area contributed by atoms with E-state index in [1.165, 1.54) is 31.4 Å². The number of methoxy groups -OCH3 is 1. The fourth-order valence-electron chi connectivity index (χ4n) is 5.42. The van der Waals surface area contributed by atoms with Crippen molar-refractivity contribution in [3.8, 4) is 17.2 Å². The fourth-order valence-corrected chi connectivity index (χ4v) is 5.42. The number of nitrogens with one attached hydrogen (secondary N) is 2. The molecule has 232 valence electrons. The van der Waals surface area contributed by atoms with Crippen LogP contribution in [0.5, 0.6) is 17.2 Å². The van der Waals surface area contributed by atoms with E-state index in [-0.39, 0.29) is 61.3 Å². The number of likely N-dealkylation sites (tertiary alicyclic amines) is 1. The number of pyridine rings is 1. The van der Waals surface area contributed by atoms with Gasteiger partial charge in [-0.2, -0.15) is 0 Å². The van der Waals surface area contributed by atoms with E-state index >= 15 is 0 Å². The van der Waals surface area contributed by atoms with E-state index in [0.29, 0.717) is 35.6 Å². The number of fused-ring (bicyclic) bond motifs is 5. The van der Waals surface area contributed by atoms with E-state index in [1.54, 1.807) is 41.6 Å². The lowest BCUT2D eigenvalue weighted by molar-refractivity contribution is -0.125. The third-order valence-corrected chi connectivity index (χ3v) is 7.86. The van der Waals surface area contributed by atoms with Crippen molar-refractivity contribution in [1.29, 1.82) is 0 Å². The summed E-state index contributed by atoms with van der Waals surface area (Å²) in [4.78, 5) is 53.0. The van der Waals surface area contributed by atoms with Crippen LogP contribution in [0.1, 0.15) is 40.2 Å². The minimum absolute atomic E-state index is 0.0778. The van der Waals surface area contributed by atoms with Crippen molar-refractivity contribution in [1.82, 2.24) is 20.1 Å². The first kappa shape index (κ1) is 30.6. The molecule has 3 heterocycles. The summed E-state index contributed by atoms with van der Waals surface area (Å²) in [7, 11) is 3.20. The lowest BCUT2D eigenvalue weighted by Gasteiger charge is -2.39. The van der Waals surface area contributed by atoms with E-state index in [4.69, 9.17) is 14.2 Å². The number of benzene rings is 2. The molecule has 0 aliphatic carbocycles. The third kappa shape index (κ3) is 7.19. The van der Waals surface area contributed by atoms with Gasteiger partial charge in [0.25, 0.3) is 11.8 Å². The van der Waals surface area contributed by atoms with Crippen LogP contribution < -0.4 is 30.3 Å². The molecule has 3 amide bonds. The van der Waals surface area contributed by atoms with Crippen LogP contribution in [0, 0.1) is 12.7 Å². The highest BCUT2D eigenvalue weighted by molar-refractivity contribution is 5.93. The molecule has 2 atom stereocenters. The molecular weight excluding hydrogens is 571 g/mol. The number of aryl methyl sites for hydroxylation is 2. The molecule has 2 N–H and O–H groups in total. The zero-order valence-corrected chi connectivity index (χ0v) is 24.9. The molecule has 4 bridgehead atoms. The molecule has 3 aromatic rings. The molecule has 12 heteroatoms. The summed E-state index contributed by atoms with van der Waals surface area (Å²) >= 11 is 0. The largest absolute Gasteiger partial charge is 0.493 e. The van der Waals surface area contributed by atoms with Crippen LogP contribution >= 0.6 is 0 Å². The SMILES string of the molecule is COc1ccc2cc1OCC(=O)N[C@@H]1CN(C(=O)c3cc(=O)cc(C)n3C)CC[C@H]1Oc1cc(F)cc(c1)CNC(=O)CC2. The third-order valence-electron chi connectivity index (χ3n) is 7.86. The van der Waals surface area contributed by atoms with Crippen LogP contribution in [-0.4, -0.2) is 66.1 Å². The Morgan fingerprint density at radius 2 is 1.84 bits per heavy atom. The number of nitrogens with zero attached hydrogens (tertiary/aromatic N) is 2. The number of carbonyl (C=O) groups excluding carboxylic acids is 3. The van der Waals surface area contributed by atoms with Gasteiger partial charge in [0.1, 0.15) is 23.4 Å². The normalized spacial score (nSPS) is 19.2. The quantitative estimate of drug-likeness (QED) is 0.458. The molecular formula is C32H35FN4O7. The number of aromatic nitrogens is 1. The van der Waals surface area contributed by atoms with Crippen molar-refractivity contribution in [2.45, 2.75) is 44.9 Å². The van der Waals surface area contributed by atoms with Crippen molar-refractivity contribution >= 4 is 17.7 Å². The summed E-state index contributed by atoms with van der Waals surface area (Å²) in [6.07, 6.45) is 0.303. The Morgan fingerprint density at radius 1 is 1.02 bits per heavy atom. The minimum Gasteiger partial charge on any atom is -0.493 e. The van der Waals surface area contributed by atoms with Crippen molar-refractivity contribution in [2.75, 3.05) is 26.8 Å². The molecule has 0 radical (unpaired) electrons. The lowest BCUT2D eigenvalue weighted by Crippen LogP contribution is -2.58. The second kappa shape index (κ2) is 13.2. The van der Waals surface area contributed by atoms with Gasteiger partial charge < -0.3 is 34.3 Å². The summed E-state index contributed by atoms with van der Waals surface area (Å²) in [5.41, 5.74) is 1.92. The Hall–Kier alpha value is -4.87. The standard InChI is InChI=1S/C32H35FN4O7/c1-19-10-23(38)15-26(36(19)2)32(41)37-9-8-27-25(17-37)35-31(40)18-43-29-13-20(4-6-28(29)42-3)5-7-30(39)34-16-21-11-22(33)14-24(12-21)44-27/h4,6,10-15,25,27H,5,7-9,16-18H2,1-3H3,(H,34,39)(H,35,40)/t25-,27-/m1/s1. The highest BCUT2D eigenvalue weighted by Crippen LogP contribution is 2.29. The first-order chi connectivity index (χ1) is 21.1. The molecule has 0 spiro atoms. The summed E-state index contributed by atoms with van der Waals surface area (Å²) in [5, 5.41) is 5.75. The maximum Gasteiger partial charge on any atom is 0.270 e. The number of ether oxygens (including phenoxy) is 3. The topological polar surface area (TPSA) is 128 Å². The van der Waals surface area contributed by atoms with Gasteiger partial charge >= 0.3 is 0 Å². The monoisotopic (exact) mass is 606 g/mol. The molecule has 0 saturated carbocycles. The predicted molar refractivity (Wildman–Crippen MR) is 158 cm³/mol. The summed E-state index contributed by atoms with van der Waals surface area (Å²) in [5.74, 6) is -0.555. The van der Waals surface area contributed by atoms with E-state index < -0.39 is 23.9 Å². The van der Waals surface area contributed by atoms with Gasteiger partial charge in [0.15, 0.2) is 23.5 Å².